The third-order valence-corrected chi connectivity index (χ3v) is 4.05. The number of rotatable bonds is 5. The molecule has 0 bridgehead atoms. The molecule has 3 aromatic rings. The van der Waals surface area contributed by atoms with Gasteiger partial charge in [-0.25, -0.2) is 9.18 Å². The summed E-state index contributed by atoms with van der Waals surface area (Å²) in [6.07, 6.45) is 0.773. The normalized spacial score (nSPS) is 11.0. The highest BCUT2D eigenvalue weighted by atomic mass is 19.1. The fraction of sp³-hybridized carbons (Fsp3) is 0.211. The zero-order valence-corrected chi connectivity index (χ0v) is 13.5. The van der Waals surface area contributed by atoms with Gasteiger partial charge in [-0.3, -0.25) is 0 Å². The van der Waals surface area contributed by atoms with Gasteiger partial charge in [0.15, 0.2) is 6.61 Å². The van der Waals surface area contributed by atoms with E-state index in [1.807, 2.05) is 26.0 Å². The molecule has 2 N–H and O–H groups in total. The molecule has 0 amide bonds. The average molecular weight is 327 g/mol. The van der Waals surface area contributed by atoms with E-state index in [4.69, 9.17) is 9.84 Å². The van der Waals surface area contributed by atoms with Gasteiger partial charge in [0, 0.05) is 22.2 Å². The zero-order chi connectivity index (χ0) is 17.3. The van der Waals surface area contributed by atoms with E-state index in [2.05, 4.69) is 4.98 Å². The quantitative estimate of drug-likeness (QED) is 0.734. The fourth-order valence-electron chi connectivity index (χ4n) is 2.97. The smallest absolute Gasteiger partial charge is 0.341 e. The molecule has 0 saturated carbocycles. The lowest BCUT2D eigenvalue weighted by molar-refractivity contribution is -0.139. The number of hydrogen-bond donors (Lipinski definition) is 2. The highest BCUT2D eigenvalue weighted by Gasteiger charge is 2.14. The Hall–Kier alpha value is -2.82. The first-order chi connectivity index (χ1) is 11.5. The van der Waals surface area contributed by atoms with Crippen molar-refractivity contribution < 1.29 is 19.0 Å². The van der Waals surface area contributed by atoms with Crippen molar-refractivity contribution in [3.05, 3.63) is 53.3 Å². The second-order valence-corrected chi connectivity index (χ2v) is 5.68. The Balaban J connectivity index is 2.05. The minimum Gasteiger partial charge on any atom is -0.482 e. The lowest BCUT2D eigenvalue weighted by Gasteiger charge is -2.10. The van der Waals surface area contributed by atoms with Crippen LogP contribution in [0.4, 0.5) is 4.39 Å². The number of aryl methyl sites for hydroxylation is 2. The average Bonchev–Trinajstić information content (AvgIpc) is 2.90. The summed E-state index contributed by atoms with van der Waals surface area (Å²) in [7, 11) is 0. The van der Waals surface area contributed by atoms with E-state index in [0.29, 0.717) is 5.75 Å². The third kappa shape index (κ3) is 2.97. The van der Waals surface area contributed by atoms with Crippen LogP contribution in [0, 0.1) is 12.7 Å². The lowest BCUT2D eigenvalue weighted by atomic mass is 9.99. The van der Waals surface area contributed by atoms with E-state index in [0.717, 1.165) is 39.7 Å². The monoisotopic (exact) mass is 327 g/mol. The van der Waals surface area contributed by atoms with Gasteiger partial charge in [0.2, 0.25) is 0 Å². The van der Waals surface area contributed by atoms with Crippen LogP contribution >= 0.6 is 0 Å². The Kier molecular flexibility index (Phi) is 4.25. The molecule has 0 saturated heterocycles. The molecule has 0 aliphatic heterocycles. The minimum absolute atomic E-state index is 0.253. The Morgan fingerprint density at radius 3 is 2.71 bits per heavy atom. The van der Waals surface area contributed by atoms with Gasteiger partial charge < -0.3 is 14.8 Å². The maximum atomic E-state index is 13.6. The Labute approximate surface area is 138 Å². The first kappa shape index (κ1) is 16.1. The van der Waals surface area contributed by atoms with Gasteiger partial charge in [0.05, 0.1) is 0 Å². The summed E-state index contributed by atoms with van der Waals surface area (Å²) >= 11 is 0. The number of hydrogen-bond acceptors (Lipinski definition) is 2. The summed E-state index contributed by atoms with van der Waals surface area (Å²) in [6, 6.07) is 10.2. The number of aliphatic carboxylic acids is 1. The largest absolute Gasteiger partial charge is 0.482 e. The number of halogens is 1. The number of carboxylic acids is 1. The molecule has 0 atom stereocenters. The summed E-state index contributed by atoms with van der Waals surface area (Å²) in [5.74, 6) is -0.751. The van der Waals surface area contributed by atoms with Crippen LogP contribution in [-0.4, -0.2) is 22.7 Å². The molecular formula is C19H18FNO3. The van der Waals surface area contributed by atoms with Crippen molar-refractivity contribution in [3.8, 4) is 17.0 Å². The van der Waals surface area contributed by atoms with Crippen molar-refractivity contribution in [3.63, 3.8) is 0 Å². The summed E-state index contributed by atoms with van der Waals surface area (Å²) in [4.78, 5) is 14.0. The van der Waals surface area contributed by atoms with Crippen molar-refractivity contribution in [2.75, 3.05) is 6.61 Å². The van der Waals surface area contributed by atoms with E-state index < -0.39 is 5.97 Å². The van der Waals surface area contributed by atoms with Crippen LogP contribution in [-0.2, 0) is 11.2 Å². The summed E-state index contributed by atoms with van der Waals surface area (Å²) in [5, 5.41) is 9.57. The van der Waals surface area contributed by atoms with Crippen molar-refractivity contribution in [2.45, 2.75) is 20.3 Å². The molecule has 3 rings (SSSR count). The minimum atomic E-state index is -1.01. The SMILES string of the molecule is CCc1c(-c2ccc(OCC(=O)O)cc2C)[nH]c2ccc(F)cc12. The first-order valence-electron chi connectivity index (χ1n) is 7.75. The maximum absolute atomic E-state index is 13.6. The summed E-state index contributed by atoms with van der Waals surface area (Å²) < 4.78 is 18.8. The molecule has 5 heteroatoms. The molecule has 0 spiro atoms. The van der Waals surface area contributed by atoms with Crippen molar-refractivity contribution in [1.82, 2.24) is 4.98 Å². The maximum Gasteiger partial charge on any atom is 0.341 e. The van der Waals surface area contributed by atoms with E-state index in [1.54, 1.807) is 18.2 Å². The number of benzene rings is 2. The summed E-state index contributed by atoms with van der Waals surface area (Å²) in [6.45, 7) is 3.61. The van der Waals surface area contributed by atoms with E-state index in [1.165, 1.54) is 6.07 Å². The number of fused-ring (bicyclic) bond motifs is 1. The summed E-state index contributed by atoms with van der Waals surface area (Å²) in [5.41, 5.74) is 4.87. The first-order valence-corrected chi connectivity index (χ1v) is 7.75. The standard InChI is InChI=1S/C19H18FNO3/c1-3-14-16-9-12(20)4-7-17(16)21-19(14)15-6-5-13(8-11(15)2)24-10-18(22)23/h4-9,21H,3,10H2,1-2H3,(H,22,23). The number of carbonyl (C=O) groups is 1. The molecule has 0 fully saturated rings. The van der Waals surface area contributed by atoms with E-state index >= 15 is 0 Å². The molecule has 0 aliphatic carbocycles. The Morgan fingerprint density at radius 1 is 1.25 bits per heavy atom. The molecule has 4 nitrogen and oxygen atoms in total. The van der Waals surface area contributed by atoms with Gasteiger partial charge in [-0.2, -0.15) is 0 Å². The number of nitrogens with one attached hydrogen (secondary N) is 1. The molecule has 0 unspecified atom stereocenters. The van der Waals surface area contributed by atoms with Gasteiger partial charge >= 0.3 is 5.97 Å². The second kappa shape index (κ2) is 6.35. The van der Waals surface area contributed by atoms with Crippen molar-refractivity contribution >= 4 is 16.9 Å². The molecular weight excluding hydrogens is 309 g/mol. The number of ether oxygens (including phenoxy) is 1. The molecule has 2 aromatic carbocycles. The predicted octanol–water partition coefficient (Wildman–Crippen LogP) is 4.31. The molecule has 124 valence electrons. The van der Waals surface area contributed by atoms with Crippen LogP contribution < -0.4 is 4.74 Å². The van der Waals surface area contributed by atoms with Crippen LogP contribution in [0.2, 0.25) is 0 Å². The van der Waals surface area contributed by atoms with Crippen molar-refractivity contribution in [1.29, 1.82) is 0 Å². The molecule has 0 radical (unpaired) electrons. The van der Waals surface area contributed by atoms with E-state index in [9.17, 15) is 9.18 Å². The number of aromatic amines is 1. The molecule has 0 aliphatic rings. The van der Waals surface area contributed by atoms with Crippen LogP contribution in [0.15, 0.2) is 36.4 Å². The lowest BCUT2D eigenvalue weighted by Crippen LogP contribution is -2.09. The fourth-order valence-corrected chi connectivity index (χ4v) is 2.97. The zero-order valence-electron chi connectivity index (χ0n) is 13.5. The van der Waals surface area contributed by atoms with Gasteiger partial charge in [0.25, 0.3) is 0 Å². The predicted molar refractivity (Wildman–Crippen MR) is 90.9 cm³/mol. The topological polar surface area (TPSA) is 62.3 Å². The van der Waals surface area contributed by atoms with Crippen LogP contribution in [0.5, 0.6) is 5.75 Å². The van der Waals surface area contributed by atoms with Gasteiger partial charge in [-0.05, 0) is 60.9 Å². The number of aromatic nitrogens is 1. The molecule has 1 aromatic heterocycles. The highest BCUT2D eigenvalue weighted by Crippen LogP contribution is 2.34. The van der Waals surface area contributed by atoms with Crippen LogP contribution in [0.3, 0.4) is 0 Å². The van der Waals surface area contributed by atoms with Crippen molar-refractivity contribution in [2.24, 2.45) is 0 Å². The number of H-pyrrole nitrogens is 1. The van der Waals surface area contributed by atoms with Crippen LogP contribution in [0.1, 0.15) is 18.1 Å². The van der Waals surface area contributed by atoms with Gasteiger partial charge in [0.1, 0.15) is 11.6 Å². The highest BCUT2D eigenvalue weighted by molar-refractivity contribution is 5.91. The van der Waals surface area contributed by atoms with E-state index in [-0.39, 0.29) is 12.4 Å². The van der Waals surface area contributed by atoms with Crippen LogP contribution in [0.25, 0.3) is 22.2 Å². The van der Waals surface area contributed by atoms with Gasteiger partial charge in [-0.1, -0.05) is 6.92 Å². The van der Waals surface area contributed by atoms with Gasteiger partial charge in [-0.15, -0.1) is 0 Å². The second-order valence-electron chi connectivity index (χ2n) is 5.68. The Bertz CT molecular complexity index is 914. The Morgan fingerprint density at radius 2 is 2.04 bits per heavy atom. The number of carboxylic acid groups (broad SMARTS) is 1. The molecule has 1 heterocycles. The third-order valence-electron chi connectivity index (χ3n) is 4.05. The molecule has 24 heavy (non-hydrogen) atoms.